The molecular formula is C21H25N5. The van der Waals surface area contributed by atoms with Crippen LogP contribution in [0.4, 0.5) is 5.82 Å². The Morgan fingerprint density at radius 2 is 1.92 bits per heavy atom. The van der Waals surface area contributed by atoms with E-state index in [1.165, 1.54) is 11.3 Å². The summed E-state index contributed by atoms with van der Waals surface area (Å²) in [6, 6.07) is 14.6. The van der Waals surface area contributed by atoms with Crippen molar-refractivity contribution < 1.29 is 0 Å². The van der Waals surface area contributed by atoms with Gasteiger partial charge in [-0.1, -0.05) is 6.07 Å². The number of hydrogen-bond donors (Lipinski definition) is 1. The first-order valence-electron chi connectivity index (χ1n) is 9.27. The Hall–Kier alpha value is -2.66. The molecule has 1 aliphatic rings. The van der Waals surface area contributed by atoms with Gasteiger partial charge in [0, 0.05) is 63.2 Å². The molecule has 0 aliphatic carbocycles. The lowest BCUT2D eigenvalue weighted by Gasteiger charge is -2.24. The Bertz CT molecular complexity index is 800. The number of rotatable bonds is 6. The second kappa shape index (κ2) is 8.15. The smallest absolute Gasteiger partial charge is 0.125 e. The fourth-order valence-corrected chi connectivity index (χ4v) is 3.69. The molecular weight excluding hydrogens is 322 g/mol. The number of hydrogen-bond acceptors (Lipinski definition) is 4. The van der Waals surface area contributed by atoms with Gasteiger partial charge >= 0.3 is 0 Å². The van der Waals surface area contributed by atoms with Gasteiger partial charge in [-0.25, -0.2) is 4.98 Å². The SMILES string of the molecule is c1ccc(NCC[C@H]2CN(Cc3ccncc3)Cc3cccn3C2)nc1. The van der Waals surface area contributed by atoms with Gasteiger partial charge in [-0.05, 0) is 54.3 Å². The number of nitrogens with one attached hydrogen (secondary N) is 1. The molecule has 3 aromatic heterocycles. The highest BCUT2D eigenvalue weighted by Gasteiger charge is 2.21. The summed E-state index contributed by atoms with van der Waals surface area (Å²) >= 11 is 0. The van der Waals surface area contributed by atoms with E-state index in [4.69, 9.17) is 0 Å². The van der Waals surface area contributed by atoms with Gasteiger partial charge in [0.05, 0.1) is 0 Å². The lowest BCUT2D eigenvalue weighted by molar-refractivity contribution is 0.217. The predicted molar refractivity (Wildman–Crippen MR) is 104 cm³/mol. The minimum absolute atomic E-state index is 0.613. The van der Waals surface area contributed by atoms with Gasteiger partial charge in [0.25, 0.3) is 0 Å². The Labute approximate surface area is 154 Å². The molecule has 0 aromatic carbocycles. The summed E-state index contributed by atoms with van der Waals surface area (Å²) in [5.74, 6) is 1.57. The third kappa shape index (κ3) is 4.29. The van der Waals surface area contributed by atoms with Crippen molar-refractivity contribution in [2.45, 2.75) is 26.1 Å². The van der Waals surface area contributed by atoms with Crippen molar-refractivity contribution in [3.05, 3.63) is 78.5 Å². The molecule has 0 amide bonds. The van der Waals surface area contributed by atoms with Crippen LogP contribution in [0.15, 0.2) is 67.3 Å². The van der Waals surface area contributed by atoms with E-state index in [0.717, 1.165) is 45.0 Å². The van der Waals surface area contributed by atoms with E-state index in [9.17, 15) is 0 Å². The molecule has 134 valence electrons. The van der Waals surface area contributed by atoms with E-state index in [2.05, 4.69) is 55.2 Å². The molecule has 3 aromatic rings. The van der Waals surface area contributed by atoms with Crippen molar-refractivity contribution >= 4 is 5.82 Å². The molecule has 4 heterocycles. The van der Waals surface area contributed by atoms with Crippen molar-refractivity contribution in [2.75, 3.05) is 18.4 Å². The quantitative estimate of drug-likeness (QED) is 0.742. The van der Waals surface area contributed by atoms with Crippen LogP contribution in [0, 0.1) is 5.92 Å². The van der Waals surface area contributed by atoms with Crippen molar-refractivity contribution in [1.29, 1.82) is 0 Å². The van der Waals surface area contributed by atoms with Gasteiger partial charge in [0.2, 0.25) is 0 Å². The molecule has 0 bridgehead atoms. The summed E-state index contributed by atoms with van der Waals surface area (Å²) < 4.78 is 2.41. The van der Waals surface area contributed by atoms with Crippen LogP contribution in [0.5, 0.6) is 0 Å². The van der Waals surface area contributed by atoms with E-state index in [-0.39, 0.29) is 0 Å². The van der Waals surface area contributed by atoms with Crippen molar-refractivity contribution in [3.63, 3.8) is 0 Å². The zero-order chi connectivity index (χ0) is 17.6. The molecule has 1 atom stereocenters. The summed E-state index contributed by atoms with van der Waals surface area (Å²) in [7, 11) is 0. The fourth-order valence-electron chi connectivity index (χ4n) is 3.69. The lowest BCUT2D eigenvalue weighted by atomic mass is 10.0. The van der Waals surface area contributed by atoms with E-state index in [1.54, 1.807) is 0 Å². The van der Waals surface area contributed by atoms with Crippen LogP contribution in [-0.4, -0.2) is 32.5 Å². The van der Waals surface area contributed by atoms with Crippen molar-refractivity contribution in [2.24, 2.45) is 5.92 Å². The molecule has 1 aliphatic heterocycles. The van der Waals surface area contributed by atoms with Gasteiger partial charge in [-0.3, -0.25) is 9.88 Å². The first kappa shape index (κ1) is 16.8. The average Bonchev–Trinajstić information content (AvgIpc) is 3.03. The zero-order valence-electron chi connectivity index (χ0n) is 15.0. The van der Waals surface area contributed by atoms with Gasteiger partial charge in [-0.15, -0.1) is 0 Å². The van der Waals surface area contributed by atoms with Crippen LogP contribution in [0.25, 0.3) is 0 Å². The molecule has 1 N–H and O–H groups in total. The Kier molecular flexibility index (Phi) is 5.26. The van der Waals surface area contributed by atoms with Crippen LogP contribution in [-0.2, 0) is 19.6 Å². The zero-order valence-corrected chi connectivity index (χ0v) is 15.0. The van der Waals surface area contributed by atoms with Gasteiger partial charge in [-0.2, -0.15) is 0 Å². The normalized spacial score (nSPS) is 17.5. The average molecular weight is 347 g/mol. The summed E-state index contributed by atoms with van der Waals surface area (Å²) in [4.78, 5) is 11.0. The van der Waals surface area contributed by atoms with E-state index in [0.29, 0.717) is 5.92 Å². The number of nitrogens with zero attached hydrogens (tertiary/aromatic N) is 4. The second-order valence-electron chi connectivity index (χ2n) is 6.97. The number of pyridine rings is 2. The van der Waals surface area contributed by atoms with Crippen LogP contribution in [0.3, 0.4) is 0 Å². The van der Waals surface area contributed by atoms with Gasteiger partial charge in [0.15, 0.2) is 0 Å². The van der Waals surface area contributed by atoms with Crippen LogP contribution >= 0.6 is 0 Å². The number of anilines is 1. The molecule has 5 heteroatoms. The minimum Gasteiger partial charge on any atom is -0.370 e. The maximum absolute atomic E-state index is 4.35. The number of fused-ring (bicyclic) bond motifs is 1. The molecule has 0 radical (unpaired) electrons. The van der Waals surface area contributed by atoms with Crippen LogP contribution in [0.2, 0.25) is 0 Å². The molecule has 26 heavy (non-hydrogen) atoms. The van der Waals surface area contributed by atoms with E-state index in [1.807, 2.05) is 36.8 Å². The summed E-state index contributed by atoms with van der Waals surface area (Å²) in [5, 5.41) is 3.45. The van der Waals surface area contributed by atoms with Crippen LogP contribution < -0.4 is 5.32 Å². The largest absolute Gasteiger partial charge is 0.370 e. The second-order valence-corrected chi connectivity index (χ2v) is 6.97. The minimum atomic E-state index is 0.613. The standard InChI is InChI=1S/C21H25N5/c1-2-9-23-21(5-1)24-12-8-19-15-25(14-18-6-10-22-11-7-18)17-20-4-3-13-26(20)16-19/h1-7,9-11,13,19H,8,12,14-17H2,(H,23,24)/t19-/m0/s1. The van der Waals surface area contributed by atoms with Crippen molar-refractivity contribution in [1.82, 2.24) is 19.4 Å². The lowest BCUT2D eigenvalue weighted by Crippen LogP contribution is -2.28. The van der Waals surface area contributed by atoms with E-state index < -0.39 is 0 Å². The molecule has 4 rings (SSSR count). The van der Waals surface area contributed by atoms with Crippen LogP contribution in [0.1, 0.15) is 17.7 Å². The summed E-state index contributed by atoms with van der Waals surface area (Å²) in [5.41, 5.74) is 2.73. The van der Waals surface area contributed by atoms with Crippen molar-refractivity contribution in [3.8, 4) is 0 Å². The summed E-state index contributed by atoms with van der Waals surface area (Å²) in [6.07, 6.45) is 8.93. The first-order valence-corrected chi connectivity index (χ1v) is 9.27. The fraction of sp³-hybridized carbons (Fsp3) is 0.333. The molecule has 0 spiro atoms. The topological polar surface area (TPSA) is 46.0 Å². The maximum atomic E-state index is 4.35. The molecule has 0 saturated heterocycles. The highest BCUT2D eigenvalue weighted by atomic mass is 15.2. The van der Waals surface area contributed by atoms with Gasteiger partial charge < -0.3 is 9.88 Å². The highest BCUT2D eigenvalue weighted by molar-refractivity contribution is 5.32. The first-order chi connectivity index (χ1) is 12.9. The Morgan fingerprint density at radius 1 is 1.00 bits per heavy atom. The third-order valence-corrected chi connectivity index (χ3v) is 4.96. The third-order valence-electron chi connectivity index (χ3n) is 4.96. The highest BCUT2D eigenvalue weighted by Crippen LogP contribution is 2.21. The maximum Gasteiger partial charge on any atom is 0.125 e. The molecule has 0 unspecified atom stereocenters. The Balaban J connectivity index is 1.40. The predicted octanol–water partition coefficient (Wildman–Crippen LogP) is 3.41. The Morgan fingerprint density at radius 3 is 2.77 bits per heavy atom. The van der Waals surface area contributed by atoms with E-state index >= 15 is 0 Å². The number of aromatic nitrogens is 3. The molecule has 0 saturated carbocycles. The summed E-state index contributed by atoms with van der Waals surface area (Å²) in [6.45, 7) is 5.10. The monoisotopic (exact) mass is 347 g/mol. The molecule has 0 fully saturated rings. The van der Waals surface area contributed by atoms with Gasteiger partial charge in [0.1, 0.15) is 5.82 Å². The molecule has 5 nitrogen and oxygen atoms in total.